The molecule has 24 heavy (non-hydrogen) atoms. The van der Waals surface area contributed by atoms with Crippen molar-refractivity contribution < 1.29 is 19.4 Å². The van der Waals surface area contributed by atoms with Crippen LogP contribution in [0, 0.1) is 5.82 Å². The normalized spacial score (nSPS) is 25.8. The van der Waals surface area contributed by atoms with Crippen LogP contribution in [0.2, 0.25) is 0 Å². The van der Waals surface area contributed by atoms with Crippen LogP contribution in [0.4, 0.5) is 10.1 Å². The van der Waals surface area contributed by atoms with E-state index in [2.05, 4.69) is 4.90 Å². The fourth-order valence-corrected chi connectivity index (χ4v) is 3.67. The molecule has 3 rings (SSSR count). The van der Waals surface area contributed by atoms with E-state index in [-0.39, 0.29) is 24.3 Å². The predicted molar refractivity (Wildman–Crippen MR) is 88.3 cm³/mol. The Labute approximate surface area is 141 Å². The van der Waals surface area contributed by atoms with Crippen molar-refractivity contribution in [1.82, 2.24) is 9.80 Å². The fourth-order valence-electron chi connectivity index (χ4n) is 3.67. The second-order valence-electron chi connectivity index (χ2n) is 6.40. The summed E-state index contributed by atoms with van der Waals surface area (Å²) in [5.41, 5.74) is 0.626. The summed E-state index contributed by atoms with van der Waals surface area (Å²) in [7, 11) is 0. The van der Waals surface area contributed by atoms with E-state index in [9.17, 15) is 14.3 Å². The van der Waals surface area contributed by atoms with Crippen LogP contribution in [0.3, 0.4) is 0 Å². The summed E-state index contributed by atoms with van der Waals surface area (Å²) in [6, 6.07) is 6.79. The molecule has 2 fully saturated rings. The maximum atomic E-state index is 13.9. The Balaban J connectivity index is 1.56. The number of β-amino-alcohol motifs (C(OH)–C–C–N with tert-alkyl or cyclic N) is 1. The Morgan fingerprint density at radius 2 is 1.88 bits per heavy atom. The summed E-state index contributed by atoms with van der Waals surface area (Å²) in [4.78, 5) is 17.3. The fraction of sp³-hybridized carbons (Fsp3) is 0.588. The smallest absolute Gasteiger partial charge is 0.248 e. The van der Waals surface area contributed by atoms with Crippen molar-refractivity contribution in [1.29, 1.82) is 0 Å². The molecule has 0 aliphatic carbocycles. The second-order valence-corrected chi connectivity index (χ2v) is 6.40. The highest BCUT2D eigenvalue weighted by Crippen LogP contribution is 2.23. The molecular weight excluding hydrogens is 313 g/mol. The van der Waals surface area contributed by atoms with Crippen molar-refractivity contribution in [3.63, 3.8) is 0 Å². The first kappa shape index (κ1) is 17.1. The molecule has 132 valence electrons. The minimum absolute atomic E-state index is 0.00973. The van der Waals surface area contributed by atoms with E-state index >= 15 is 0 Å². The van der Waals surface area contributed by atoms with Gasteiger partial charge < -0.3 is 20.0 Å². The zero-order valence-corrected chi connectivity index (χ0v) is 13.6. The summed E-state index contributed by atoms with van der Waals surface area (Å²) in [6.07, 6.45) is 0.0707. The van der Waals surface area contributed by atoms with Crippen molar-refractivity contribution in [2.75, 3.05) is 50.8 Å². The third-order valence-corrected chi connectivity index (χ3v) is 5.01. The summed E-state index contributed by atoms with van der Waals surface area (Å²) in [5, 5.41) is 19.3. The van der Waals surface area contributed by atoms with Crippen LogP contribution in [0.1, 0.15) is 6.42 Å². The monoisotopic (exact) mass is 337 g/mol. The van der Waals surface area contributed by atoms with Gasteiger partial charge in [-0.3, -0.25) is 9.69 Å². The topological polar surface area (TPSA) is 67.2 Å². The molecule has 0 aromatic heterocycles. The zero-order chi connectivity index (χ0) is 17.1. The quantitative estimate of drug-likeness (QED) is 0.806. The number of carbonyl (C=O) groups excluding carboxylic acids is 1. The van der Waals surface area contributed by atoms with Crippen LogP contribution in [0.5, 0.6) is 0 Å². The Morgan fingerprint density at radius 3 is 2.50 bits per heavy atom. The van der Waals surface area contributed by atoms with Crippen molar-refractivity contribution in [2.24, 2.45) is 0 Å². The molecule has 2 saturated heterocycles. The van der Waals surface area contributed by atoms with Gasteiger partial charge in [-0.1, -0.05) is 12.1 Å². The number of benzene rings is 1. The molecule has 6 nitrogen and oxygen atoms in total. The number of anilines is 1. The molecule has 1 aromatic carbocycles. The number of amides is 1. The molecule has 1 amide bonds. The molecule has 1 aromatic rings. The van der Waals surface area contributed by atoms with Gasteiger partial charge in [-0.25, -0.2) is 4.39 Å². The minimum Gasteiger partial charge on any atom is -0.390 e. The maximum absolute atomic E-state index is 13.9. The summed E-state index contributed by atoms with van der Waals surface area (Å²) in [5.74, 6) is -0.543. The van der Waals surface area contributed by atoms with Crippen molar-refractivity contribution in [3.05, 3.63) is 30.1 Å². The minimum atomic E-state index is -0.616. The van der Waals surface area contributed by atoms with Gasteiger partial charge in [-0.2, -0.15) is 0 Å². The van der Waals surface area contributed by atoms with Crippen LogP contribution < -0.4 is 4.90 Å². The van der Waals surface area contributed by atoms with E-state index in [1.54, 1.807) is 12.1 Å². The highest BCUT2D eigenvalue weighted by Gasteiger charge is 2.35. The first-order chi connectivity index (χ1) is 11.6. The molecule has 2 N–H and O–H groups in total. The van der Waals surface area contributed by atoms with Crippen LogP contribution in [0.25, 0.3) is 0 Å². The molecule has 0 unspecified atom stereocenters. The molecule has 0 radical (unpaired) electrons. The highest BCUT2D eigenvalue weighted by molar-refractivity contribution is 5.77. The number of para-hydroxylation sites is 1. The predicted octanol–water partition coefficient (Wildman–Crippen LogP) is -0.0982. The molecule has 2 aliphatic rings. The van der Waals surface area contributed by atoms with Gasteiger partial charge in [0.25, 0.3) is 0 Å². The van der Waals surface area contributed by atoms with Gasteiger partial charge in [0.1, 0.15) is 12.4 Å². The Morgan fingerprint density at radius 1 is 1.17 bits per heavy atom. The maximum Gasteiger partial charge on any atom is 0.248 e. The van der Waals surface area contributed by atoms with Gasteiger partial charge in [0.2, 0.25) is 5.91 Å². The van der Waals surface area contributed by atoms with Gasteiger partial charge >= 0.3 is 0 Å². The second kappa shape index (κ2) is 7.46. The number of aliphatic hydroxyl groups is 2. The Kier molecular flexibility index (Phi) is 5.33. The number of piperidine rings is 1. The van der Waals surface area contributed by atoms with Gasteiger partial charge in [-0.15, -0.1) is 0 Å². The third kappa shape index (κ3) is 3.53. The van der Waals surface area contributed by atoms with Crippen LogP contribution in [-0.2, 0) is 4.79 Å². The van der Waals surface area contributed by atoms with Crippen molar-refractivity contribution in [3.8, 4) is 0 Å². The van der Waals surface area contributed by atoms with E-state index in [0.29, 0.717) is 31.7 Å². The van der Waals surface area contributed by atoms with Gasteiger partial charge in [0.15, 0.2) is 0 Å². The number of aliphatic hydroxyl groups excluding tert-OH is 2. The number of halogens is 1. The lowest BCUT2D eigenvalue weighted by Crippen LogP contribution is -2.59. The molecule has 2 aliphatic heterocycles. The Hall–Kier alpha value is -1.70. The molecule has 0 saturated carbocycles. The molecule has 0 spiro atoms. The van der Waals surface area contributed by atoms with Crippen LogP contribution in [0.15, 0.2) is 24.3 Å². The first-order valence-electron chi connectivity index (χ1n) is 8.40. The van der Waals surface area contributed by atoms with Crippen LogP contribution in [-0.4, -0.2) is 83.9 Å². The van der Waals surface area contributed by atoms with Gasteiger partial charge in [-0.05, 0) is 18.6 Å². The number of nitrogens with zero attached hydrogens (tertiary/aromatic N) is 3. The highest BCUT2D eigenvalue weighted by atomic mass is 19.1. The largest absolute Gasteiger partial charge is 0.390 e. The van der Waals surface area contributed by atoms with E-state index in [0.717, 1.165) is 13.1 Å². The Bertz CT molecular complexity index is 578. The first-order valence-corrected chi connectivity index (χ1v) is 8.40. The molecule has 7 heteroatoms. The van der Waals surface area contributed by atoms with Crippen molar-refractivity contribution >= 4 is 11.6 Å². The van der Waals surface area contributed by atoms with E-state index < -0.39 is 12.7 Å². The summed E-state index contributed by atoms with van der Waals surface area (Å²) in [6.45, 7) is 3.23. The number of piperazine rings is 1. The zero-order valence-electron chi connectivity index (χ0n) is 13.6. The van der Waals surface area contributed by atoms with Gasteiger partial charge in [0.05, 0.1) is 11.8 Å². The molecule has 2 atom stereocenters. The van der Waals surface area contributed by atoms with E-state index in [1.165, 1.54) is 11.0 Å². The summed E-state index contributed by atoms with van der Waals surface area (Å²) >= 11 is 0. The average molecular weight is 337 g/mol. The molecule has 2 heterocycles. The summed E-state index contributed by atoms with van der Waals surface area (Å²) < 4.78 is 13.9. The lowest BCUT2D eigenvalue weighted by molar-refractivity contribution is -0.139. The molecule has 0 bridgehead atoms. The number of rotatable bonds is 3. The third-order valence-electron chi connectivity index (χ3n) is 5.01. The lowest BCUT2D eigenvalue weighted by Gasteiger charge is -2.45. The van der Waals surface area contributed by atoms with E-state index in [4.69, 9.17) is 5.11 Å². The SMILES string of the molecule is O=C(CO)N1CC[C@@H](N2CCN(c3ccccc3F)CC2)[C@H](O)C1. The lowest BCUT2D eigenvalue weighted by atomic mass is 9.99. The average Bonchev–Trinajstić information content (AvgIpc) is 2.61. The number of hydrogen-bond acceptors (Lipinski definition) is 5. The number of carbonyl (C=O) groups is 1. The van der Waals surface area contributed by atoms with Crippen LogP contribution >= 0.6 is 0 Å². The molecular formula is C17H24FN3O3. The number of hydrogen-bond donors (Lipinski definition) is 2. The standard InChI is InChI=1S/C17H24FN3O3/c18-13-3-1-2-4-14(13)19-7-9-20(10-8-19)15-5-6-21(11-16(15)23)17(24)12-22/h1-4,15-16,22-23H,5-12H2/t15-,16-/m1/s1. The van der Waals surface area contributed by atoms with Gasteiger partial charge in [0, 0.05) is 45.3 Å². The van der Waals surface area contributed by atoms with Crippen molar-refractivity contribution in [2.45, 2.75) is 18.6 Å². The van der Waals surface area contributed by atoms with E-state index in [1.807, 2.05) is 11.0 Å². The number of likely N-dealkylation sites (tertiary alicyclic amines) is 1.